The average molecular weight is 443 g/mol. The van der Waals surface area contributed by atoms with Crippen molar-refractivity contribution in [2.45, 2.75) is 4.90 Å². The van der Waals surface area contributed by atoms with Gasteiger partial charge in [0.15, 0.2) is 5.78 Å². The minimum Gasteiger partial charge on any atom is -0.490 e. The normalized spacial score (nSPS) is 11.4. The lowest BCUT2D eigenvalue weighted by atomic mass is 10.0. The first-order valence-corrected chi connectivity index (χ1v) is 10.9. The topological polar surface area (TPSA) is 72.9 Å². The molecular weight excluding hydrogens is 421 g/mol. The lowest BCUT2D eigenvalue weighted by Crippen LogP contribution is -2.22. The first-order chi connectivity index (χ1) is 14.8. The van der Waals surface area contributed by atoms with Crippen molar-refractivity contribution < 1.29 is 27.1 Å². The Morgan fingerprint density at radius 2 is 1.19 bits per heavy atom. The second-order valence-corrected chi connectivity index (χ2v) is 8.97. The Morgan fingerprint density at radius 3 is 1.65 bits per heavy atom. The van der Waals surface area contributed by atoms with Gasteiger partial charge in [-0.15, -0.1) is 0 Å². The Morgan fingerprint density at radius 1 is 0.774 bits per heavy atom. The van der Waals surface area contributed by atoms with Gasteiger partial charge in [0.05, 0.1) is 4.90 Å². The molecule has 0 amide bonds. The van der Waals surface area contributed by atoms with Gasteiger partial charge < -0.3 is 9.47 Å². The van der Waals surface area contributed by atoms with E-state index in [1.807, 2.05) is 0 Å². The van der Waals surface area contributed by atoms with E-state index in [-0.39, 0.29) is 23.9 Å². The van der Waals surface area contributed by atoms with Crippen LogP contribution in [-0.2, 0) is 10.0 Å². The Labute approximate surface area is 180 Å². The largest absolute Gasteiger partial charge is 0.490 e. The van der Waals surface area contributed by atoms with E-state index in [1.54, 1.807) is 36.4 Å². The highest BCUT2D eigenvalue weighted by Gasteiger charge is 2.16. The van der Waals surface area contributed by atoms with E-state index in [0.29, 0.717) is 22.6 Å². The number of ketones is 1. The molecule has 0 aliphatic rings. The highest BCUT2D eigenvalue weighted by Crippen LogP contribution is 2.19. The molecule has 0 unspecified atom stereocenters. The van der Waals surface area contributed by atoms with Crippen LogP contribution in [0.1, 0.15) is 15.9 Å². The van der Waals surface area contributed by atoms with Crippen molar-refractivity contribution in [1.82, 2.24) is 4.31 Å². The monoisotopic (exact) mass is 443 g/mol. The van der Waals surface area contributed by atoms with Crippen molar-refractivity contribution in [3.63, 3.8) is 0 Å². The molecule has 0 bridgehead atoms. The molecule has 0 aliphatic carbocycles. The van der Waals surface area contributed by atoms with E-state index in [9.17, 15) is 17.6 Å². The number of nitrogens with zero attached hydrogens (tertiary/aromatic N) is 1. The molecule has 0 saturated carbocycles. The third-order valence-electron chi connectivity index (χ3n) is 4.45. The van der Waals surface area contributed by atoms with Gasteiger partial charge in [-0.1, -0.05) is 0 Å². The Hall–Kier alpha value is -3.23. The lowest BCUT2D eigenvalue weighted by Gasteiger charge is -2.12. The van der Waals surface area contributed by atoms with Gasteiger partial charge in [-0.05, 0) is 72.8 Å². The molecule has 0 saturated heterocycles. The molecule has 162 valence electrons. The van der Waals surface area contributed by atoms with Crippen LogP contribution in [-0.4, -0.2) is 45.8 Å². The molecule has 0 aliphatic heterocycles. The van der Waals surface area contributed by atoms with Gasteiger partial charge in [0.1, 0.15) is 30.5 Å². The molecule has 3 rings (SSSR count). The third kappa shape index (κ3) is 5.68. The molecule has 8 heteroatoms. The van der Waals surface area contributed by atoms with Crippen molar-refractivity contribution in [3.8, 4) is 11.5 Å². The quantitative estimate of drug-likeness (QED) is 0.372. The van der Waals surface area contributed by atoms with Crippen molar-refractivity contribution >= 4 is 15.8 Å². The molecule has 0 aromatic heterocycles. The molecule has 31 heavy (non-hydrogen) atoms. The zero-order chi connectivity index (χ0) is 22.4. The number of hydrogen-bond donors (Lipinski definition) is 0. The van der Waals surface area contributed by atoms with Crippen molar-refractivity contribution in [2.75, 3.05) is 27.3 Å². The summed E-state index contributed by atoms with van der Waals surface area (Å²) in [5, 5.41) is 0. The lowest BCUT2D eigenvalue weighted by molar-refractivity contribution is 0.103. The zero-order valence-electron chi connectivity index (χ0n) is 17.1. The molecule has 0 radical (unpaired) electrons. The van der Waals surface area contributed by atoms with Crippen LogP contribution in [0.5, 0.6) is 11.5 Å². The number of ether oxygens (including phenoxy) is 2. The molecule has 6 nitrogen and oxygen atoms in total. The van der Waals surface area contributed by atoms with Crippen molar-refractivity contribution in [2.24, 2.45) is 0 Å². The standard InChI is InChI=1S/C23H22FNO5S/c1-25(2)31(27,28)22-13-11-21(12-14-22)30-16-15-29-20-9-5-18(6-10-20)23(26)17-3-7-19(24)8-4-17/h3-14H,15-16H2,1-2H3. The van der Waals surface area contributed by atoms with E-state index < -0.39 is 15.8 Å². The number of halogens is 1. The predicted octanol–water partition coefficient (Wildman–Crippen LogP) is 3.76. The van der Waals surface area contributed by atoms with E-state index in [1.165, 1.54) is 50.5 Å². The van der Waals surface area contributed by atoms with Crippen LogP contribution in [0.3, 0.4) is 0 Å². The predicted molar refractivity (Wildman–Crippen MR) is 115 cm³/mol. The first-order valence-electron chi connectivity index (χ1n) is 9.46. The van der Waals surface area contributed by atoms with Gasteiger partial charge in [0.25, 0.3) is 0 Å². The smallest absolute Gasteiger partial charge is 0.242 e. The van der Waals surface area contributed by atoms with Gasteiger partial charge >= 0.3 is 0 Å². The second kappa shape index (κ2) is 9.72. The fourth-order valence-corrected chi connectivity index (χ4v) is 3.61. The fraction of sp³-hybridized carbons (Fsp3) is 0.174. The van der Waals surface area contributed by atoms with Gasteiger partial charge in [0.2, 0.25) is 10.0 Å². The second-order valence-electron chi connectivity index (χ2n) is 6.82. The number of carbonyl (C=O) groups is 1. The number of benzene rings is 3. The van der Waals surface area contributed by atoms with Gasteiger partial charge in [-0.25, -0.2) is 17.1 Å². The van der Waals surface area contributed by atoms with Crippen LogP contribution in [0.15, 0.2) is 77.7 Å². The summed E-state index contributed by atoms with van der Waals surface area (Å²) in [6, 6.07) is 18.2. The molecular formula is C23H22FNO5S. The van der Waals surface area contributed by atoms with E-state index >= 15 is 0 Å². The van der Waals surface area contributed by atoms with Crippen molar-refractivity contribution in [1.29, 1.82) is 0 Å². The zero-order valence-corrected chi connectivity index (χ0v) is 17.9. The van der Waals surface area contributed by atoms with Crippen LogP contribution < -0.4 is 9.47 Å². The first kappa shape index (κ1) is 22.5. The Balaban J connectivity index is 1.49. The van der Waals surface area contributed by atoms with Crippen LogP contribution in [0.25, 0.3) is 0 Å². The van der Waals surface area contributed by atoms with Gasteiger partial charge in [0, 0.05) is 25.2 Å². The SMILES string of the molecule is CN(C)S(=O)(=O)c1ccc(OCCOc2ccc(C(=O)c3ccc(F)cc3)cc2)cc1. The minimum atomic E-state index is -3.47. The summed E-state index contributed by atoms with van der Waals surface area (Å²) < 4.78 is 49.4. The Kier molecular flexibility index (Phi) is 7.04. The number of rotatable bonds is 9. The maximum absolute atomic E-state index is 13.0. The molecule has 0 atom stereocenters. The summed E-state index contributed by atoms with van der Waals surface area (Å²) in [5.74, 6) is 0.514. The Bertz CT molecular complexity index is 1130. The number of sulfonamides is 1. The molecule has 0 spiro atoms. The third-order valence-corrected chi connectivity index (χ3v) is 6.28. The summed E-state index contributed by atoms with van der Waals surface area (Å²) in [7, 11) is -0.523. The maximum atomic E-state index is 13.0. The van der Waals surface area contributed by atoms with Gasteiger partial charge in [-0.3, -0.25) is 4.79 Å². The molecule has 0 N–H and O–H groups in total. The summed E-state index contributed by atoms with van der Waals surface area (Å²) in [6.07, 6.45) is 0. The number of carbonyl (C=O) groups excluding carboxylic acids is 1. The fourth-order valence-electron chi connectivity index (χ4n) is 2.71. The van der Waals surface area contributed by atoms with Crippen LogP contribution >= 0.6 is 0 Å². The highest BCUT2D eigenvalue weighted by atomic mass is 32.2. The summed E-state index contributed by atoms with van der Waals surface area (Å²) >= 11 is 0. The minimum absolute atomic E-state index is 0.191. The van der Waals surface area contributed by atoms with E-state index in [4.69, 9.17) is 9.47 Å². The molecule has 3 aromatic rings. The summed E-state index contributed by atoms with van der Waals surface area (Å²) in [6.45, 7) is 0.527. The summed E-state index contributed by atoms with van der Waals surface area (Å²) in [4.78, 5) is 12.6. The molecule has 0 heterocycles. The van der Waals surface area contributed by atoms with Crippen LogP contribution in [0.2, 0.25) is 0 Å². The van der Waals surface area contributed by atoms with Gasteiger partial charge in [-0.2, -0.15) is 0 Å². The van der Waals surface area contributed by atoms with E-state index in [2.05, 4.69) is 0 Å². The average Bonchev–Trinajstić information content (AvgIpc) is 2.77. The van der Waals surface area contributed by atoms with Crippen LogP contribution in [0.4, 0.5) is 4.39 Å². The molecule has 0 fully saturated rings. The highest BCUT2D eigenvalue weighted by molar-refractivity contribution is 7.89. The number of hydrogen-bond acceptors (Lipinski definition) is 5. The van der Waals surface area contributed by atoms with Crippen LogP contribution in [0, 0.1) is 5.82 Å². The molecule has 3 aromatic carbocycles. The maximum Gasteiger partial charge on any atom is 0.242 e. The van der Waals surface area contributed by atoms with Crippen molar-refractivity contribution in [3.05, 3.63) is 89.7 Å². The van der Waals surface area contributed by atoms with E-state index in [0.717, 1.165) is 4.31 Å². The summed E-state index contributed by atoms with van der Waals surface area (Å²) in [5.41, 5.74) is 0.885.